The predicted octanol–water partition coefficient (Wildman–Crippen LogP) is 2.13. The third kappa shape index (κ3) is 2.77. The minimum absolute atomic E-state index is 0.526. The zero-order valence-electron chi connectivity index (χ0n) is 10.4. The number of fused-ring (bicyclic) bond motifs is 1. The van der Waals surface area contributed by atoms with Gasteiger partial charge < -0.3 is 15.0 Å². The highest BCUT2D eigenvalue weighted by Crippen LogP contribution is 2.20. The van der Waals surface area contributed by atoms with Crippen molar-refractivity contribution in [2.45, 2.75) is 19.8 Å². The van der Waals surface area contributed by atoms with Crippen LogP contribution in [0.2, 0.25) is 0 Å². The molecule has 2 N–H and O–H groups in total. The van der Waals surface area contributed by atoms with Crippen molar-refractivity contribution in [1.82, 2.24) is 19.9 Å². The average Bonchev–Trinajstić information content (AvgIpc) is 2.85. The van der Waals surface area contributed by atoms with E-state index in [-0.39, 0.29) is 0 Å². The molecule has 0 saturated heterocycles. The topological polar surface area (TPSA) is 75.7 Å². The van der Waals surface area contributed by atoms with E-state index in [0.29, 0.717) is 24.1 Å². The van der Waals surface area contributed by atoms with Crippen molar-refractivity contribution in [1.29, 1.82) is 0 Å². The first-order valence-electron chi connectivity index (χ1n) is 6.03. The Morgan fingerprint density at radius 1 is 1.50 bits per heavy atom. The van der Waals surface area contributed by atoms with Gasteiger partial charge in [-0.2, -0.15) is 9.97 Å². The number of nitrogens with zero attached hydrogens (tertiary/aromatic N) is 3. The van der Waals surface area contributed by atoms with Crippen LogP contribution in [0.1, 0.15) is 19.8 Å². The number of hydrogen-bond donors (Lipinski definition) is 2. The first-order valence-corrected chi connectivity index (χ1v) is 6.03. The monoisotopic (exact) mass is 247 g/mol. The summed E-state index contributed by atoms with van der Waals surface area (Å²) in [5.41, 5.74) is 1.33. The van der Waals surface area contributed by atoms with E-state index in [2.05, 4.69) is 38.8 Å². The van der Waals surface area contributed by atoms with Gasteiger partial charge in [0.2, 0.25) is 11.8 Å². The van der Waals surface area contributed by atoms with Crippen molar-refractivity contribution in [2.24, 2.45) is 0 Å². The Bertz CT molecular complexity index is 522. The molecule has 0 bridgehead atoms. The second kappa shape index (κ2) is 6.00. The van der Waals surface area contributed by atoms with E-state index < -0.39 is 0 Å². The molecule has 0 amide bonds. The zero-order chi connectivity index (χ0) is 12.8. The molecule has 0 unspecified atom stereocenters. The Morgan fingerprint density at radius 3 is 3.17 bits per heavy atom. The Balaban J connectivity index is 2.23. The Hall–Kier alpha value is -2.11. The standard InChI is InChI=1S/C12H17N5O/c1-3-5-7-18-11-9-10(15-8-14-9)16-12(17-11)13-6-4-2/h3,8H,1,4-7H2,2H3,(H2,13,14,15,16,17). The molecule has 96 valence electrons. The predicted molar refractivity (Wildman–Crippen MR) is 70.8 cm³/mol. The van der Waals surface area contributed by atoms with Crippen molar-refractivity contribution in [3.05, 3.63) is 19.0 Å². The summed E-state index contributed by atoms with van der Waals surface area (Å²) in [5, 5.41) is 3.13. The lowest BCUT2D eigenvalue weighted by Gasteiger charge is -2.07. The molecule has 18 heavy (non-hydrogen) atoms. The van der Waals surface area contributed by atoms with Gasteiger partial charge in [0.25, 0.3) is 0 Å². The third-order valence-electron chi connectivity index (χ3n) is 2.35. The van der Waals surface area contributed by atoms with Crippen LogP contribution < -0.4 is 10.1 Å². The molecule has 0 aliphatic heterocycles. The number of anilines is 1. The van der Waals surface area contributed by atoms with Crippen molar-refractivity contribution in [3.8, 4) is 5.88 Å². The average molecular weight is 247 g/mol. The number of ether oxygens (including phenoxy) is 1. The Kier molecular flexibility index (Phi) is 4.11. The minimum atomic E-state index is 0.526. The highest BCUT2D eigenvalue weighted by atomic mass is 16.5. The maximum absolute atomic E-state index is 5.61. The lowest BCUT2D eigenvalue weighted by atomic mass is 10.4. The summed E-state index contributed by atoms with van der Waals surface area (Å²) in [4.78, 5) is 15.7. The first-order chi connectivity index (χ1) is 8.85. The van der Waals surface area contributed by atoms with Crippen LogP contribution in [0.5, 0.6) is 5.88 Å². The van der Waals surface area contributed by atoms with Gasteiger partial charge in [0.1, 0.15) is 5.52 Å². The highest BCUT2D eigenvalue weighted by molar-refractivity contribution is 5.76. The van der Waals surface area contributed by atoms with Gasteiger partial charge in [-0.25, -0.2) is 4.98 Å². The fraction of sp³-hybridized carbons (Fsp3) is 0.417. The van der Waals surface area contributed by atoms with Crippen LogP contribution in [-0.4, -0.2) is 33.1 Å². The van der Waals surface area contributed by atoms with E-state index in [4.69, 9.17) is 4.74 Å². The molecule has 0 radical (unpaired) electrons. The molecule has 0 saturated carbocycles. The van der Waals surface area contributed by atoms with Gasteiger partial charge in [-0.15, -0.1) is 6.58 Å². The van der Waals surface area contributed by atoms with Gasteiger partial charge in [-0.1, -0.05) is 13.0 Å². The summed E-state index contributed by atoms with van der Waals surface area (Å²) in [5.74, 6) is 1.07. The molecule has 0 fully saturated rings. The largest absolute Gasteiger partial charge is 0.476 e. The third-order valence-corrected chi connectivity index (χ3v) is 2.35. The van der Waals surface area contributed by atoms with Crippen LogP contribution in [0.3, 0.4) is 0 Å². The van der Waals surface area contributed by atoms with Gasteiger partial charge in [0, 0.05) is 6.54 Å². The number of imidazole rings is 1. The molecule has 2 aromatic heterocycles. The molecule has 0 aliphatic carbocycles. The van der Waals surface area contributed by atoms with Crippen LogP contribution in [-0.2, 0) is 0 Å². The van der Waals surface area contributed by atoms with Gasteiger partial charge >= 0.3 is 0 Å². The fourth-order valence-corrected chi connectivity index (χ4v) is 1.47. The van der Waals surface area contributed by atoms with Crippen LogP contribution in [0.25, 0.3) is 11.2 Å². The normalized spacial score (nSPS) is 10.5. The molecule has 0 aromatic carbocycles. The fourth-order valence-electron chi connectivity index (χ4n) is 1.47. The number of aromatic nitrogens is 4. The number of rotatable bonds is 7. The number of aromatic amines is 1. The second-order valence-corrected chi connectivity index (χ2v) is 3.81. The van der Waals surface area contributed by atoms with E-state index in [1.54, 1.807) is 6.33 Å². The van der Waals surface area contributed by atoms with Crippen LogP contribution in [0.15, 0.2) is 19.0 Å². The summed E-state index contributed by atoms with van der Waals surface area (Å²) in [6.45, 7) is 7.11. The molecular formula is C12H17N5O. The van der Waals surface area contributed by atoms with Gasteiger partial charge in [0.15, 0.2) is 5.65 Å². The first kappa shape index (κ1) is 12.3. The Morgan fingerprint density at radius 2 is 2.39 bits per heavy atom. The quantitative estimate of drug-likeness (QED) is 0.579. The van der Waals surface area contributed by atoms with Gasteiger partial charge in [-0.3, -0.25) is 0 Å². The van der Waals surface area contributed by atoms with Crippen LogP contribution >= 0.6 is 0 Å². The molecule has 0 atom stereocenters. The summed E-state index contributed by atoms with van der Waals surface area (Å²) >= 11 is 0. The van der Waals surface area contributed by atoms with Crippen LogP contribution in [0, 0.1) is 0 Å². The highest BCUT2D eigenvalue weighted by Gasteiger charge is 2.10. The van der Waals surface area contributed by atoms with Crippen molar-refractivity contribution < 1.29 is 4.74 Å². The van der Waals surface area contributed by atoms with Crippen LogP contribution in [0.4, 0.5) is 5.95 Å². The maximum Gasteiger partial charge on any atom is 0.245 e. The SMILES string of the molecule is C=CCCOc1nc(NCCC)nc2nc[nH]c12. The molecule has 0 spiro atoms. The van der Waals surface area contributed by atoms with E-state index in [1.807, 2.05) is 6.08 Å². The molecule has 6 nitrogen and oxygen atoms in total. The summed E-state index contributed by atoms with van der Waals surface area (Å²) in [7, 11) is 0. The molecule has 6 heteroatoms. The van der Waals surface area contributed by atoms with E-state index in [9.17, 15) is 0 Å². The van der Waals surface area contributed by atoms with Crippen molar-refractivity contribution in [3.63, 3.8) is 0 Å². The molecule has 0 aliphatic rings. The minimum Gasteiger partial charge on any atom is -0.476 e. The van der Waals surface area contributed by atoms with Crippen molar-refractivity contribution in [2.75, 3.05) is 18.5 Å². The summed E-state index contributed by atoms with van der Waals surface area (Å²) < 4.78 is 5.61. The van der Waals surface area contributed by atoms with Gasteiger partial charge in [-0.05, 0) is 12.8 Å². The van der Waals surface area contributed by atoms with Gasteiger partial charge in [0.05, 0.1) is 12.9 Å². The smallest absolute Gasteiger partial charge is 0.245 e. The molecular weight excluding hydrogens is 230 g/mol. The number of H-pyrrole nitrogens is 1. The lowest BCUT2D eigenvalue weighted by molar-refractivity contribution is 0.316. The molecule has 2 rings (SSSR count). The summed E-state index contributed by atoms with van der Waals surface area (Å²) in [6, 6.07) is 0. The zero-order valence-corrected chi connectivity index (χ0v) is 10.4. The molecule has 2 aromatic rings. The van der Waals surface area contributed by atoms with E-state index in [0.717, 1.165) is 24.9 Å². The molecule has 2 heterocycles. The second-order valence-electron chi connectivity index (χ2n) is 3.81. The summed E-state index contributed by atoms with van der Waals surface area (Å²) in [6.07, 6.45) is 5.18. The number of nitrogens with one attached hydrogen (secondary N) is 2. The lowest BCUT2D eigenvalue weighted by Crippen LogP contribution is -2.07. The number of hydrogen-bond acceptors (Lipinski definition) is 5. The Labute approximate surface area is 106 Å². The van der Waals surface area contributed by atoms with E-state index in [1.165, 1.54) is 0 Å². The van der Waals surface area contributed by atoms with Crippen molar-refractivity contribution >= 4 is 17.1 Å². The maximum atomic E-state index is 5.61. The van der Waals surface area contributed by atoms with E-state index >= 15 is 0 Å².